The first-order chi connectivity index (χ1) is 12.1. The molecule has 0 bridgehead atoms. The summed E-state index contributed by atoms with van der Waals surface area (Å²) in [5.41, 5.74) is 1.90. The van der Waals surface area contributed by atoms with E-state index in [9.17, 15) is 14.4 Å². The normalized spacial score (nSPS) is 16.2. The Morgan fingerprint density at radius 3 is 2.68 bits per heavy atom. The molecule has 128 valence electrons. The van der Waals surface area contributed by atoms with Crippen LogP contribution in [0.1, 0.15) is 22.3 Å². The molecule has 1 aromatic carbocycles. The monoisotopic (exact) mass is 338 g/mol. The van der Waals surface area contributed by atoms with E-state index in [4.69, 9.17) is 0 Å². The lowest BCUT2D eigenvalue weighted by atomic mass is 10.1. The molecule has 0 saturated heterocycles. The fourth-order valence-corrected chi connectivity index (χ4v) is 2.61. The molecule has 1 aromatic heterocycles. The number of para-hydroxylation sites is 1. The lowest BCUT2D eigenvalue weighted by molar-refractivity contribution is -0.125. The zero-order valence-corrected chi connectivity index (χ0v) is 13.5. The molecule has 7 nitrogen and oxygen atoms in total. The third kappa shape index (κ3) is 4.20. The highest BCUT2D eigenvalue weighted by atomic mass is 16.2. The van der Waals surface area contributed by atoms with E-state index in [-0.39, 0.29) is 18.2 Å². The molecule has 1 aliphatic rings. The van der Waals surface area contributed by atoms with Gasteiger partial charge in [-0.15, -0.1) is 0 Å². The lowest BCUT2D eigenvalue weighted by Gasteiger charge is -2.14. The Morgan fingerprint density at radius 1 is 1.12 bits per heavy atom. The van der Waals surface area contributed by atoms with Gasteiger partial charge in [0.2, 0.25) is 11.8 Å². The Bertz CT molecular complexity index is 792. The van der Waals surface area contributed by atoms with Crippen molar-refractivity contribution in [2.45, 2.75) is 18.9 Å². The van der Waals surface area contributed by atoms with Crippen molar-refractivity contribution in [1.29, 1.82) is 0 Å². The lowest BCUT2D eigenvalue weighted by Crippen LogP contribution is -2.44. The molecule has 3 N–H and O–H groups in total. The first kappa shape index (κ1) is 16.6. The highest BCUT2D eigenvalue weighted by Crippen LogP contribution is 2.18. The average molecular weight is 338 g/mol. The molecular weight excluding hydrogens is 320 g/mol. The van der Waals surface area contributed by atoms with E-state index in [0.29, 0.717) is 24.2 Å². The van der Waals surface area contributed by atoms with Crippen LogP contribution in [0.5, 0.6) is 0 Å². The molecule has 3 amide bonds. The molecule has 0 saturated carbocycles. The standard InChI is InChI=1S/C18H18N4O3/c23-16(20-10-7-12-5-8-19-9-6-12)11-15-18(25)21-14-4-2-1-3-13(14)17(24)22-15/h1-6,8-9,15H,7,10-11H2,(H,20,23)(H,21,25)(H,22,24)/t15-/m0/s1. The van der Waals surface area contributed by atoms with Crippen molar-refractivity contribution < 1.29 is 14.4 Å². The number of nitrogens with one attached hydrogen (secondary N) is 3. The molecule has 0 radical (unpaired) electrons. The number of carbonyl (C=O) groups is 3. The molecular formula is C18H18N4O3. The fraction of sp³-hybridized carbons (Fsp3) is 0.222. The molecule has 25 heavy (non-hydrogen) atoms. The number of fused-ring (bicyclic) bond motifs is 1. The summed E-state index contributed by atoms with van der Waals surface area (Å²) in [6.07, 6.45) is 3.95. The van der Waals surface area contributed by atoms with E-state index >= 15 is 0 Å². The van der Waals surface area contributed by atoms with Gasteiger partial charge in [0.1, 0.15) is 6.04 Å². The summed E-state index contributed by atoms with van der Waals surface area (Å²) < 4.78 is 0. The summed E-state index contributed by atoms with van der Waals surface area (Å²) in [6, 6.07) is 9.59. The second-order valence-electron chi connectivity index (χ2n) is 5.72. The van der Waals surface area contributed by atoms with Crippen LogP contribution in [0.25, 0.3) is 0 Å². The number of hydrogen-bond donors (Lipinski definition) is 3. The Labute approximate surface area is 144 Å². The van der Waals surface area contributed by atoms with Gasteiger partial charge in [0.25, 0.3) is 5.91 Å². The van der Waals surface area contributed by atoms with Gasteiger partial charge < -0.3 is 16.0 Å². The molecule has 7 heteroatoms. The zero-order valence-electron chi connectivity index (χ0n) is 13.5. The molecule has 2 aromatic rings. The van der Waals surface area contributed by atoms with Crippen molar-refractivity contribution in [2.24, 2.45) is 0 Å². The second kappa shape index (κ2) is 7.57. The summed E-state index contributed by atoms with van der Waals surface area (Å²) >= 11 is 0. The first-order valence-electron chi connectivity index (χ1n) is 8.00. The predicted octanol–water partition coefficient (Wildman–Crippen LogP) is 0.881. The SMILES string of the molecule is O=C(C[C@@H]1NC(=O)c2ccccc2NC1=O)NCCc1ccncc1. The molecule has 2 heterocycles. The van der Waals surface area contributed by atoms with Gasteiger partial charge in [-0.25, -0.2) is 0 Å². The van der Waals surface area contributed by atoms with Crippen LogP contribution >= 0.6 is 0 Å². The minimum atomic E-state index is -0.902. The fourth-order valence-electron chi connectivity index (χ4n) is 2.61. The van der Waals surface area contributed by atoms with Gasteiger partial charge in [0.15, 0.2) is 0 Å². The average Bonchev–Trinajstić information content (AvgIpc) is 2.73. The number of carbonyl (C=O) groups excluding carboxylic acids is 3. The summed E-state index contributed by atoms with van der Waals surface area (Å²) in [5, 5.41) is 8.05. The molecule has 1 atom stereocenters. The predicted molar refractivity (Wildman–Crippen MR) is 91.9 cm³/mol. The van der Waals surface area contributed by atoms with Gasteiger partial charge >= 0.3 is 0 Å². The largest absolute Gasteiger partial charge is 0.356 e. The Morgan fingerprint density at radius 2 is 1.88 bits per heavy atom. The van der Waals surface area contributed by atoms with Crippen molar-refractivity contribution in [3.05, 3.63) is 59.9 Å². The summed E-state index contributed by atoms with van der Waals surface area (Å²) in [6.45, 7) is 0.450. The number of hydrogen-bond acceptors (Lipinski definition) is 4. The molecule has 0 aliphatic carbocycles. The summed E-state index contributed by atoms with van der Waals surface area (Å²) in [5.74, 6) is -1.06. The van der Waals surface area contributed by atoms with Gasteiger partial charge in [-0.3, -0.25) is 19.4 Å². The molecule has 0 fully saturated rings. The van der Waals surface area contributed by atoms with Gasteiger partial charge in [0.05, 0.1) is 17.7 Å². The minimum absolute atomic E-state index is 0.109. The van der Waals surface area contributed by atoms with E-state index in [0.717, 1.165) is 5.56 Å². The highest BCUT2D eigenvalue weighted by Gasteiger charge is 2.29. The number of pyridine rings is 1. The third-order valence-electron chi connectivity index (χ3n) is 3.93. The smallest absolute Gasteiger partial charge is 0.254 e. The van der Waals surface area contributed by atoms with Crippen LogP contribution in [0, 0.1) is 0 Å². The topological polar surface area (TPSA) is 100 Å². The maximum Gasteiger partial charge on any atom is 0.254 e. The van der Waals surface area contributed by atoms with Crippen molar-refractivity contribution in [3.8, 4) is 0 Å². The van der Waals surface area contributed by atoms with Crippen LogP contribution in [-0.2, 0) is 16.0 Å². The number of nitrogens with zero attached hydrogens (tertiary/aromatic N) is 1. The van der Waals surface area contributed by atoms with Gasteiger partial charge in [-0.1, -0.05) is 12.1 Å². The minimum Gasteiger partial charge on any atom is -0.356 e. The molecule has 1 aliphatic heterocycles. The van der Waals surface area contributed by atoms with E-state index in [2.05, 4.69) is 20.9 Å². The van der Waals surface area contributed by atoms with E-state index in [1.807, 2.05) is 12.1 Å². The van der Waals surface area contributed by atoms with Crippen LogP contribution in [0.4, 0.5) is 5.69 Å². The highest BCUT2D eigenvalue weighted by molar-refractivity contribution is 6.10. The second-order valence-corrected chi connectivity index (χ2v) is 5.72. The van der Waals surface area contributed by atoms with Crippen molar-refractivity contribution in [1.82, 2.24) is 15.6 Å². The first-order valence-corrected chi connectivity index (χ1v) is 8.00. The Hall–Kier alpha value is -3.22. The quantitative estimate of drug-likeness (QED) is 0.753. The van der Waals surface area contributed by atoms with E-state index in [1.54, 1.807) is 36.7 Å². The van der Waals surface area contributed by atoms with Crippen molar-refractivity contribution in [2.75, 3.05) is 11.9 Å². The van der Waals surface area contributed by atoms with Crippen LogP contribution in [0.15, 0.2) is 48.8 Å². The number of benzene rings is 1. The molecule has 0 spiro atoms. The Balaban J connectivity index is 1.55. The van der Waals surface area contributed by atoms with Gasteiger partial charge in [-0.2, -0.15) is 0 Å². The van der Waals surface area contributed by atoms with Crippen LogP contribution < -0.4 is 16.0 Å². The van der Waals surface area contributed by atoms with Crippen LogP contribution in [-0.4, -0.2) is 35.3 Å². The Kier molecular flexibility index (Phi) is 5.03. The van der Waals surface area contributed by atoms with Gasteiger partial charge in [0, 0.05) is 18.9 Å². The molecule has 0 unspecified atom stereocenters. The van der Waals surface area contributed by atoms with E-state index in [1.165, 1.54) is 0 Å². The van der Waals surface area contributed by atoms with Crippen LogP contribution in [0.2, 0.25) is 0 Å². The number of rotatable bonds is 5. The summed E-state index contributed by atoms with van der Waals surface area (Å²) in [7, 11) is 0. The van der Waals surface area contributed by atoms with Crippen molar-refractivity contribution in [3.63, 3.8) is 0 Å². The summed E-state index contributed by atoms with van der Waals surface area (Å²) in [4.78, 5) is 40.5. The number of aromatic nitrogens is 1. The van der Waals surface area contributed by atoms with Gasteiger partial charge in [-0.05, 0) is 36.2 Å². The van der Waals surface area contributed by atoms with Crippen LogP contribution in [0.3, 0.4) is 0 Å². The number of amides is 3. The number of anilines is 1. The maximum absolute atomic E-state index is 12.2. The molecule has 3 rings (SSSR count). The maximum atomic E-state index is 12.2. The zero-order chi connectivity index (χ0) is 17.6. The van der Waals surface area contributed by atoms with Crippen molar-refractivity contribution >= 4 is 23.4 Å². The third-order valence-corrected chi connectivity index (χ3v) is 3.93. The van der Waals surface area contributed by atoms with E-state index < -0.39 is 11.9 Å².